The van der Waals surface area contributed by atoms with Crippen LogP contribution in [0.1, 0.15) is 5.56 Å². The summed E-state index contributed by atoms with van der Waals surface area (Å²) < 4.78 is 13.1. The molecule has 1 saturated heterocycles. The van der Waals surface area contributed by atoms with Gasteiger partial charge in [-0.25, -0.2) is 4.39 Å². The lowest BCUT2D eigenvalue weighted by Crippen LogP contribution is -2.48. The van der Waals surface area contributed by atoms with E-state index in [2.05, 4.69) is 9.88 Å². The number of fused-ring (bicyclic) bond motifs is 1. The molecule has 0 spiro atoms. The number of aromatic nitrogens is 1. The van der Waals surface area contributed by atoms with E-state index in [9.17, 15) is 9.18 Å². The van der Waals surface area contributed by atoms with Crippen molar-refractivity contribution < 1.29 is 9.18 Å². The van der Waals surface area contributed by atoms with Gasteiger partial charge >= 0.3 is 0 Å². The number of hydrogen-bond donors (Lipinski definition) is 0. The Morgan fingerprint density at radius 3 is 2.48 bits per heavy atom. The van der Waals surface area contributed by atoms with Gasteiger partial charge in [-0.05, 0) is 36.4 Å². The van der Waals surface area contributed by atoms with E-state index < -0.39 is 0 Å². The maximum absolute atomic E-state index is 13.1. The number of anilines is 1. The third-order valence-corrected chi connectivity index (χ3v) is 4.85. The maximum atomic E-state index is 13.1. The first-order valence-corrected chi connectivity index (χ1v) is 9.02. The molecule has 0 radical (unpaired) electrons. The summed E-state index contributed by atoms with van der Waals surface area (Å²) in [5.74, 6) is -0.234. The number of para-hydroxylation sites is 1. The Balaban J connectivity index is 1.40. The number of nitrogens with zero attached hydrogens (tertiary/aromatic N) is 3. The molecule has 0 aliphatic carbocycles. The molecule has 0 bridgehead atoms. The Kier molecular flexibility index (Phi) is 4.83. The highest BCUT2D eigenvalue weighted by atomic mass is 19.1. The SMILES string of the molecule is O=C(/C=C/c1cccc2cccnc12)N1CCN(c2ccc(F)cc2)CC1. The van der Waals surface area contributed by atoms with Gasteiger partial charge in [0.05, 0.1) is 5.52 Å². The second-order valence-corrected chi connectivity index (χ2v) is 6.54. The molecular weight excluding hydrogens is 341 g/mol. The van der Waals surface area contributed by atoms with Gasteiger partial charge in [-0.1, -0.05) is 24.3 Å². The van der Waals surface area contributed by atoms with Crippen molar-refractivity contribution in [3.8, 4) is 0 Å². The first-order chi connectivity index (χ1) is 13.2. The quantitative estimate of drug-likeness (QED) is 0.667. The minimum absolute atomic E-state index is 0.00157. The Labute approximate surface area is 157 Å². The van der Waals surface area contributed by atoms with E-state index >= 15 is 0 Å². The van der Waals surface area contributed by atoms with Crippen LogP contribution in [0, 0.1) is 5.82 Å². The number of piperazine rings is 1. The predicted molar refractivity (Wildman–Crippen MR) is 106 cm³/mol. The fourth-order valence-corrected chi connectivity index (χ4v) is 3.37. The van der Waals surface area contributed by atoms with Crippen LogP contribution in [0.4, 0.5) is 10.1 Å². The minimum Gasteiger partial charge on any atom is -0.368 e. The van der Waals surface area contributed by atoms with Gasteiger partial charge in [-0.2, -0.15) is 0 Å². The second-order valence-electron chi connectivity index (χ2n) is 6.54. The molecule has 5 heteroatoms. The number of amides is 1. The van der Waals surface area contributed by atoms with E-state index in [0.29, 0.717) is 13.1 Å². The molecule has 1 aromatic heterocycles. The van der Waals surface area contributed by atoms with Crippen molar-refractivity contribution in [2.45, 2.75) is 0 Å². The highest BCUT2D eigenvalue weighted by Crippen LogP contribution is 2.19. The predicted octanol–water partition coefficient (Wildman–Crippen LogP) is 3.74. The average Bonchev–Trinajstić information content (AvgIpc) is 2.72. The number of rotatable bonds is 3. The molecule has 1 aliphatic heterocycles. The smallest absolute Gasteiger partial charge is 0.246 e. The zero-order valence-corrected chi connectivity index (χ0v) is 14.9. The summed E-state index contributed by atoms with van der Waals surface area (Å²) in [7, 11) is 0. The van der Waals surface area contributed by atoms with Crippen LogP contribution in [-0.2, 0) is 4.79 Å². The van der Waals surface area contributed by atoms with Crippen LogP contribution in [0.25, 0.3) is 17.0 Å². The summed E-state index contributed by atoms with van der Waals surface area (Å²) >= 11 is 0. The molecular formula is C22H20FN3O. The third-order valence-electron chi connectivity index (χ3n) is 4.85. The van der Waals surface area contributed by atoms with Crippen molar-refractivity contribution in [3.63, 3.8) is 0 Å². The van der Waals surface area contributed by atoms with Crippen molar-refractivity contribution in [1.29, 1.82) is 0 Å². The molecule has 0 saturated carbocycles. The van der Waals surface area contributed by atoms with Crippen molar-refractivity contribution in [2.24, 2.45) is 0 Å². The van der Waals surface area contributed by atoms with Crippen molar-refractivity contribution in [1.82, 2.24) is 9.88 Å². The van der Waals surface area contributed by atoms with Crippen LogP contribution >= 0.6 is 0 Å². The van der Waals surface area contributed by atoms with E-state index in [-0.39, 0.29) is 11.7 Å². The lowest BCUT2D eigenvalue weighted by atomic mass is 10.1. The molecule has 4 rings (SSSR count). The normalized spacial score (nSPS) is 14.9. The largest absolute Gasteiger partial charge is 0.368 e. The van der Waals surface area contributed by atoms with Gasteiger partial charge in [-0.3, -0.25) is 9.78 Å². The number of pyridine rings is 1. The summed E-state index contributed by atoms with van der Waals surface area (Å²) in [6.45, 7) is 2.77. The molecule has 0 unspecified atom stereocenters. The molecule has 136 valence electrons. The summed E-state index contributed by atoms with van der Waals surface area (Å²) in [5, 5.41) is 1.06. The highest BCUT2D eigenvalue weighted by Gasteiger charge is 2.19. The summed E-state index contributed by atoms with van der Waals surface area (Å²) in [5.41, 5.74) is 2.82. The van der Waals surface area contributed by atoms with Gasteiger partial charge in [0.15, 0.2) is 0 Å². The fourth-order valence-electron chi connectivity index (χ4n) is 3.37. The van der Waals surface area contributed by atoms with Crippen LogP contribution in [0.15, 0.2) is 66.9 Å². The van der Waals surface area contributed by atoms with E-state index in [0.717, 1.165) is 35.2 Å². The van der Waals surface area contributed by atoms with E-state index in [1.54, 1.807) is 24.4 Å². The Morgan fingerprint density at radius 1 is 0.963 bits per heavy atom. The van der Waals surface area contributed by atoms with E-state index in [4.69, 9.17) is 0 Å². The first kappa shape index (κ1) is 17.2. The number of benzene rings is 2. The van der Waals surface area contributed by atoms with Gasteiger partial charge in [0, 0.05) is 55.1 Å². The molecule has 27 heavy (non-hydrogen) atoms. The number of halogens is 1. The number of hydrogen-bond acceptors (Lipinski definition) is 3. The van der Waals surface area contributed by atoms with Crippen LogP contribution < -0.4 is 4.90 Å². The minimum atomic E-state index is -0.236. The Bertz CT molecular complexity index is 971. The lowest BCUT2D eigenvalue weighted by Gasteiger charge is -2.35. The molecule has 0 N–H and O–H groups in total. The van der Waals surface area contributed by atoms with Crippen molar-refractivity contribution >= 4 is 28.6 Å². The first-order valence-electron chi connectivity index (χ1n) is 9.02. The van der Waals surface area contributed by atoms with Crippen LogP contribution in [-0.4, -0.2) is 42.0 Å². The molecule has 3 aromatic rings. The summed E-state index contributed by atoms with van der Waals surface area (Å²) in [4.78, 5) is 21.0. The van der Waals surface area contributed by atoms with Crippen LogP contribution in [0.5, 0.6) is 0 Å². The molecule has 2 heterocycles. The van der Waals surface area contributed by atoms with E-state index in [1.165, 1.54) is 12.1 Å². The zero-order chi connectivity index (χ0) is 18.6. The summed E-state index contributed by atoms with van der Waals surface area (Å²) in [6.07, 6.45) is 5.22. The van der Waals surface area contributed by atoms with E-state index in [1.807, 2.05) is 41.3 Å². The molecule has 2 aromatic carbocycles. The van der Waals surface area contributed by atoms with Gasteiger partial charge in [-0.15, -0.1) is 0 Å². The molecule has 1 amide bonds. The Hall–Kier alpha value is -3.21. The molecule has 4 nitrogen and oxygen atoms in total. The molecule has 1 fully saturated rings. The second kappa shape index (κ2) is 7.58. The third kappa shape index (κ3) is 3.82. The molecule has 1 aliphatic rings. The van der Waals surface area contributed by atoms with Crippen LogP contribution in [0.2, 0.25) is 0 Å². The van der Waals surface area contributed by atoms with Crippen molar-refractivity contribution in [2.75, 3.05) is 31.1 Å². The van der Waals surface area contributed by atoms with Gasteiger partial charge in [0.25, 0.3) is 0 Å². The highest BCUT2D eigenvalue weighted by molar-refractivity contribution is 5.95. The van der Waals surface area contributed by atoms with Gasteiger partial charge in [0.1, 0.15) is 5.82 Å². The van der Waals surface area contributed by atoms with Gasteiger partial charge < -0.3 is 9.80 Å². The number of carbonyl (C=O) groups is 1. The van der Waals surface area contributed by atoms with Crippen molar-refractivity contribution in [3.05, 3.63) is 78.3 Å². The summed E-state index contributed by atoms with van der Waals surface area (Å²) in [6, 6.07) is 16.3. The maximum Gasteiger partial charge on any atom is 0.246 e. The monoisotopic (exact) mass is 361 g/mol. The van der Waals surface area contributed by atoms with Crippen LogP contribution in [0.3, 0.4) is 0 Å². The van der Waals surface area contributed by atoms with Gasteiger partial charge in [0.2, 0.25) is 5.91 Å². The lowest BCUT2D eigenvalue weighted by molar-refractivity contribution is -0.126. The standard InChI is InChI=1S/C22H20FN3O/c23-19-7-9-20(10-8-19)25-13-15-26(16-14-25)21(27)11-6-18-4-1-3-17-5-2-12-24-22(17)18/h1-12H,13-16H2/b11-6+. The fraction of sp³-hybridized carbons (Fsp3) is 0.182. The average molecular weight is 361 g/mol. The molecule has 0 atom stereocenters. The number of carbonyl (C=O) groups excluding carboxylic acids is 1. The zero-order valence-electron chi connectivity index (χ0n) is 14.9. The Morgan fingerprint density at radius 2 is 1.70 bits per heavy atom. The topological polar surface area (TPSA) is 36.4 Å².